The number of allylic oxidation sites excluding steroid dienone is 1. The maximum atomic E-state index is 13.4. The molecule has 36 heavy (non-hydrogen) atoms. The number of ketones is 1. The third kappa shape index (κ3) is 3.80. The number of rotatable bonds is 4. The van der Waals surface area contributed by atoms with Crippen LogP contribution >= 0.6 is 0 Å². The molecule has 1 saturated heterocycles. The molecule has 0 spiro atoms. The average molecular weight is 505 g/mol. The summed E-state index contributed by atoms with van der Waals surface area (Å²) in [6.45, 7) is 14.1. The lowest BCUT2D eigenvalue weighted by Gasteiger charge is -2.60. The predicted octanol–water partition coefficient (Wildman–Crippen LogP) is 4.68. The minimum absolute atomic E-state index is 0.0549. The van der Waals surface area contributed by atoms with E-state index in [1.54, 1.807) is 6.08 Å². The van der Waals surface area contributed by atoms with Gasteiger partial charge in [0.15, 0.2) is 11.6 Å². The summed E-state index contributed by atoms with van der Waals surface area (Å²) in [5.41, 5.74) is -2.17. The largest absolute Gasteiger partial charge is 0.393 e. The molecule has 204 valence electrons. The SMILES string of the molecule is CC(C)(O)CC[C@H]1OC(C)(C)O[C@]1(C)[C@H]1CC[C@@]2(O)C3=CC(=O)[C@@H]4C[C@@H](O)CC[C@]4(C)[C@H]3CC[C@]12C. The molecule has 1 heterocycles. The highest BCUT2D eigenvalue weighted by Gasteiger charge is 2.71. The summed E-state index contributed by atoms with van der Waals surface area (Å²) in [6.07, 6.45) is 7.78. The van der Waals surface area contributed by atoms with Crippen LogP contribution in [0, 0.1) is 28.6 Å². The van der Waals surface area contributed by atoms with E-state index in [4.69, 9.17) is 9.47 Å². The van der Waals surface area contributed by atoms with Crippen LogP contribution in [0.1, 0.15) is 106 Å². The number of aliphatic hydroxyl groups excluding tert-OH is 1. The van der Waals surface area contributed by atoms with Gasteiger partial charge in [0, 0.05) is 11.3 Å². The standard InChI is InChI=1S/C30H48O6/c1-25(2,33)12-11-24-29(7,36-26(3,4)35-24)23-10-15-30(34)20-17-22(32)21-16-18(31)8-13-27(21,5)19(20)9-14-28(23,30)6/h17-19,21,23-24,31,33-34H,8-16H2,1-7H3/t18-,19-,21-,23-,24+,27+,28+,29+,30+/m0/s1. The van der Waals surface area contributed by atoms with Crippen molar-refractivity contribution in [3.63, 3.8) is 0 Å². The van der Waals surface area contributed by atoms with Crippen LogP contribution < -0.4 is 0 Å². The number of carbonyl (C=O) groups excluding carboxylic acids is 1. The molecule has 6 nitrogen and oxygen atoms in total. The molecule has 0 aromatic rings. The Hall–Kier alpha value is -0.790. The van der Waals surface area contributed by atoms with Gasteiger partial charge in [0.2, 0.25) is 0 Å². The van der Waals surface area contributed by atoms with E-state index in [-0.39, 0.29) is 35.1 Å². The Kier molecular flexibility index (Phi) is 6.04. The van der Waals surface area contributed by atoms with Crippen LogP contribution in [0.3, 0.4) is 0 Å². The van der Waals surface area contributed by atoms with Gasteiger partial charge in [-0.3, -0.25) is 4.79 Å². The second kappa shape index (κ2) is 8.11. The summed E-state index contributed by atoms with van der Waals surface area (Å²) in [5.74, 6) is -0.591. The molecule has 1 aliphatic heterocycles. The van der Waals surface area contributed by atoms with Crippen LogP contribution in [0.15, 0.2) is 11.6 Å². The third-order valence-electron chi connectivity index (χ3n) is 11.3. The zero-order valence-corrected chi connectivity index (χ0v) is 23.4. The number of hydrogen-bond acceptors (Lipinski definition) is 6. The molecular formula is C30H48O6. The van der Waals surface area contributed by atoms with Crippen molar-refractivity contribution < 1.29 is 29.6 Å². The van der Waals surface area contributed by atoms with Gasteiger partial charge in [-0.15, -0.1) is 0 Å². The fourth-order valence-corrected chi connectivity index (χ4v) is 9.44. The van der Waals surface area contributed by atoms with Crippen molar-refractivity contribution in [3.8, 4) is 0 Å². The zero-order valence-electron chi connectivity index (χ0n) is 23.4. The highest BCUT2D eigenvalue weighted by atomic mass is 16.8. The van der Waals surface area contributed by atoms with Gasteiger partial charge in [-0.2, -0.15) is 0 Å². The number of fused-ring (bicyclic) bond motifs is 5. The van der Waals surface area contributed by atoms with E-state index >= 15 is 0 Å². The Morgan fingerprint density at radius 3 is 2.39 bits per heavy atom. The molecule has 0 bridgehead atoms. The van der Waals surface area contributed by atoms with Crippen LogP contribution in [0.2, 0.25) is 0 Å². The smallest absolute Gasteiger partial charge is 0.164 e. The lowest BCUT2D eigenvalue weighted by molar-refractivity contribution is -0.190. The average Bonchev–Trinajstić information content (AvgIpc) is 3.17. The second-order valence-corrected chi connectivity index (χ2v) is 14.6. The Labute approximate surface area is 216 Å². The van der Waals surface area contributed by atoms with E-state index in [0.29, 0.717) is 25.7 Å². The van der Waals surface area contributed by atoms with Gasteiger partial charge >= 0.3 is 0 Å². The molecule has 4 aliphatic carbocycles. The van der Waals surface area contributed by atoms with Crippen LogP contribution in [-0.4, -0.2) is 55.9 Å². The Balaban J connectivity index is 1.50. The topological polar surface area (TPSA) is 96.2 Å². The Bertz CT molecular complexity index is 950. The molecule has 0 amide bonds. The van der Waals surface area contributed by atoms with Gasteiger partial charge in [-0.05, 0) is 121 Å². The molecule has 3 N–H and O–H groups in total. The van der Waals surface area contributed by atoms with Gasteiger partial charge in [0.25, 0.3) is 0 Å². The fourth-order valence-electron chi connectivity index (χ4n) is 9.44. The summed E-state index contributed by atoms with van der Waals surface area (Å²) in [6, 6.07) is 0. The van der Waals surface area contributed by atoms with Gasteiger partial charge in [0.05, 0.1) is 29.0 Å². The molecule has 6 heteroatoms. The van der Waals surface area contributed by atoms with E-state index < -0.39 is 34.1 Å². The molecule has 9 atom stereocenters. The van der Waals surface area contributed by atoms with Crippen molar-refractivity contribution in [2.24, 2.45) is 28.6 Å². The molecule has 0 unspecified atom stereocenters. The lowest BCUT2D eigenvalue weighted by atomic mass is 9.46. The van der Waals surface area contributed by atoms with E-state index in [2.05, 4.69) is 20.8 Å². The lowest BCUT2D eigenvalue weighted by Crippen LogP contribution is -2.61. The first-order chi connectivity index (χ1) is 16.5. The van der Waals surface area contributed by atoms with Crippen LogP contribution in [0.4, 0.5) is 0 Å². The van der Waals surface area contributed by atoms with Crippen molar-refractivity contribution >= 4 is 5.78 Å². The van der Waals surface area contributed by atoms with Gasteiger partial charge < -0.3 is 24.8 Å². The van der Waals surface area contributed by atoms with Crippen LogP contribution in [-0.2, 0) is 14.3 Å². The molecule has 4 fully saturated rings. The number of carbonyl (C=O) groups is 1. The normalized spacial score (nSPS) is 50.3. The highest BCUT2D eigenvalue weighted by Crippen LogP contribution is 2.69. The molecule has 5 aliphatic rings. The maximum Gasteiger partial charge on any atom is 0.164 e. The second-order valence-electron chi connectivity index (χ2n) is 14.6. The molecule has 5 rings (SSSR count). The Morgan fingerprint density at radius 1 is 1.03 bits per heavy atom. The quantitative estimate of drug-likeness (QED) is 0.514. The van der Waals surface area contributed by atoms with Crippen molar-refractivity contribution in [1.82, 2.24) is 0 Å². The summed E-state index contributed by atoms with van der Waals surface area (Å²) >= 11 is 0. The first kappa shape index (κ1) is 26.8. The highest BCUT2D eigenvalue weighted by molar-refractivity contribution is 5.95. The zero-order chi connectivity index (χ0) is 26.5. The minimum atomic E-state index is -1.06. The summed E-state index contributed by atoms with van der Waals surface area (Å²) in [7, 11) is 0. The third-order valence-corrected chi connectivity index (χ3v) is 11.3. The van der Waals surface area contributed by atoms with E-state index in [0.717, 1.165) is 37.7 Å². The van der Waals surface area contributed by atoms with Crippen molar-refractivity contribution in [2.45, 2.75) is 141 Å². The Morgan fingerprint density at radius 2 is 1.72 bits per heavy atom. The fraction of sp³-hybridized carbons (Fsp3) is 0.900. The van der Waals surface area contributed by atoms with Crippen LogP contribution in [0.5, 0.6) is 0 Å². The summed E-state index contributed by atoms with van der Waals surface area (Å²) in [5, 5.41) is 33.3. The summed E-state index contributed by atoms with van der Waals surface area (Å²) < 4.78 is 13.1. The first-order valence-electron chi connectivity index (χ1n) is 14.2. The predicted molar refractivity (Wildman–Crippen MR) is 137 cm³/mol. The van der Waals surface area contributed by atoms with E-state index in [1.807, 2.05) is 27.7 Å². The van der Waals surface area contributed by atoms with Crippen molar-refractivity contribution in [2.75, 3.05) is 0 Å². The number of hydrogen-bond donors (Lipinski definition) is 3. The minimum Gasteiger partial charge on any atom is -0.393 e. The van der Waals surface area contributed by atoms with Crippen molar-refractivity contribution in [1.29, 1.82) is 0 Å². The monoisotopic (exact) mass is 504 g/mol. The molecule has 0 radical (unpaired) electrons. The van der Waals surface area contributed by atoms with Crippen LogP contribution in [0.25, 0.3) is 0 Å². The number of aliphatic hydroxyl groups is 3. The van der Waals surface area contributed by atoms with Gasteiger partial charge in [-0.25, -0.2) is 0 Å². The van der Waals surface area contributed by atoms with Gasteiger partial charge in [0.1, 0.15) is 0 Å². The molecule has 0 aromatic heterocycles. The molecular weight excluding hydrogens is 456 g/mol. The molecule has 3 saturated carbocycles. The van der Waals surface area contributed by atoms with Gasteiger partial charge in [-0.1, -0.05) is 13.8 Å². The maximum absolute atomic E-state index is 13.4. The van der Waals surface area contributed by atoms with Crippen molar-refractivity contribution in [3.05, 3.63) is 11.6 Å². The summed E-state index contributed by atoms with van der Waals surface area (Å²) in [4.78, 5) is 13.4. The number of ether oxygens (including phenoxy) is 2. The molecule has 0 aromatic carbocycles. The first-order valence-corrected chi connectivity index (χ1v) is 14.2. The van der Waals surface area contributed by atoms with E-state index in [9.17, 15) is 20.1 Å². The van der Waals surface area contributed by atoms with E-state index in [1.165, 1.54) is 0 Å².